The summed E-state index contributed by atoms with van der Waals surface area (Å²) in [5, 5.41) is 2.28. The van der Waals surface area contributed by atoms with Crippen molar-refractivity contribution >= 4 is 16.7 Å². The van der Waals surface area contributed by atoms with Crippen LogP contribution in [0.5, 0.6) is 5.75 Å². The van der Waals surface area contributed by atoms with Gasteiger partial charge in [0.05, 0.1) is 0 Å². The molecule has 3 nitrogen and oxygen atoms in total. The summed E-state index contributed by atoms with van der Waals surface area (Å²) in [4.78, 5) is 11.8. The molecule has 104 valence electrons. The molecule has 2 aromatic rings. The number of rotatable bonds is 3. The van der Waals surface area contributed by atoms with Gasteiger partial charge in [-0.2, -0.15) is 0 Å². The molecule has 1 saturated carbocycles. The number of amides is 1. The van der Waals surface area contributed by atoms with E-state index in [1.807, 2.05) is 36.4 Å². The van der Waals surface area contributed by atoms with E-state index in [0.29, 0.717) is 0 Å². The van der Waals surface area contributed by atoms with Crippen LogP contribution in [-0.2, 0) is 4.79 Å². The van der Waals surface area contributed by atoms with E-state index in [1.165, 1.54) is 0 Å². The number of carbonyl (C=O) groups is 1. The monoisotopic (exact) mass is 269 g/mol. The number of carbonyl (C=O) groups excluding carboxylic acids is 1. The Labute approximate surface area is 118 Å². The van der Waals surface area contributed by atoms with E-state index in [1.54, 1.807) is 0 Å². The van der Waals surface area contributed by atoms with E-state index in [2.05, 4.69) is 6.07 Å². The van der Waals surface area contributed by atoms with Gasteiger partial charge in [-0.15, -0.1) is 0 Å². The molecular formula is C17H19NO2. The highest BCUT2D eigenvalue weighted by Gasteiger charge is 2.40. The van der Waals surface area contributed by atoms with E-state index in [-0.39, 0.29) is 5.91 Å². The van der Waals surface area contributed by atoms with E-state index in [9.17, 15) is 4.79 Å². The Balaban J connectivity index is 1.92. The number of primary amides is 1. The molecule has 0 atom stereocenters. The molecule has 0 bridgehead atoms. The summed E-state index contributed by atoms with van der Waals surface area (Å²) in [7, 11) is 0. The summed E-state index contributed by atoms with van der Waals surface area (Å²) in [6.07, 6.45) is 4.58. The second kappa shape index (κ2) is 5.16. The summed E-state index contributed by atoms with van der Waals surface area (Å²) in [6.45, 7) is 0. The molecule has 3 rings (SSSR count). The van der Waals surface area contributed by atoms with Gasteiger partial charge >= 0.3 is 0 Å². The first-order chi connectivity index (χ1) is 9.70. The molecule has 2 N–H and O–H groups in total. The Kier molecular flexibility index (Phi) is 3.35. The predicted molar refractivity (Wildman–Crippen MR) is 79.6 cm³/mol. The Morgan fingerprint density at radius 2 is 1.70 bits per heavy atom. The number of hydrogen-bond acceptors (Lipinski definition) is 2. The van der Waals surface area contributed by atoms with Gasteiger partial charge in [-0.25, -0.2) is 0 Å². The predicted octanol–water partition coefficient (Wildman–Crippen LogP) is 3.41. The van der Waals surface area contributed by atoms with Gasteiger partial charge in [-0.05, 0) is 48.6 Å². The van der Waals surface area contributed by atoms with Crippen LogP contribution in [0.4, 0.5) is 0 Å². The lowest BCUT2D eigenvalue weighted by molar-refractivity contribution is -0.136. The number of benzene rings is 2. The van der Waals surface area contributed by atoms with Crippen LogP contribution in [0.25, 0.3) is 10.8 Å². The first-order valence-corrected chi connectivity index (χ1v) is 7.17. The van der Waals surface area contributed by atoms with Gasteiger partial charge in [-0.1, -0.05) is 36.8 Å². The van der Waals surface area contributed by atoms with E-state index in [0.717, 1.165) is 48.6 Å². The Hall–Kier alpha value is -2.03. The zero-order valence-electron chi connectivity index (χ0n) is 11.5. The summed E-state index contributed by atoms with van der Waals surface area (Å²) in [5.41, 5.74) is 4.78. The topological polar surface area (TPSA) is 52.3 Å². The average molecular weight is 269 g/mol. The van der Waals surface area contributed by atoms with Crippen LogP contribution in [0.3, 0.4) is 0 Å². The second-order valence-corrected chi connectivity index (χ2v) is 5.53. The lowest BCUT2D eigenvalue weighted by atomic mass is 9.84. The standard InChI is InChI=1S/C17H19NO2/c18-16(19)17(10-4-1-5-11-17)20-15-9-8-13-6-2-3-7-14(13)12-15/h2-3,6-9,12H,1,4-5,10-11H2,(H2,18,19). The van der Waals surface area contributed by atoms with Crippen molar-refractivity contribution in [1.82, 2.24) is 0 Å². The highest BCUT2D eigenvalue weighted by molar-refractivity contribution is 5.85. The van der Waals surface area contributed by atoms with Crippen LogP contribution < -0.4 is 10.5 Å². The molecule has 0 saturated heterocycles. The third kappa shape index (κ3) is 2.36. The van der Waals surface area contributed by atoms with Crippen LogP contribution in [0.2, 0.25) is 0 Å². The minimum atomic E-state index is -0.819. The Morgan fingerprint density at radius 3 is 2.40 bits per heavy atom. The molecule has 0 heterocycles. The van der Waals surface area contributed by atoms with Gasteiger partial charge in [0, 0.05) is 0 Å². The van der Waals surface area contributed by atoms with Gasteiger partial charge in [0.25, 0.3) is 5.91 Å². The summed E-state index contributed by atoms with van der Waals surface area (Å²) in [5.74, 6) is 0.384. The normalized spacial score (nSPS) is 17.8. The number of ether oxygens (including phenoxy) is 1. The van der Waals surface area contributed by atoms with E-state index >= 15 is 0 Å². The third-order valence-corrected chi connectivity index (χ3v) is 4.14. The van der Waals surface area contributed by atoms with Crippen molar-refractivity contribution in [2.75, 3.05) is 0 Å². The molecule has 20 heavy (non-hydrogen) atoms. The summed E-state index contributed by atoms with van der Waals surface area (Å²) < 4.78 is 6.04. The Bertz CT molecular complexity index is 630. The van der Waals surface area contributed by atoms with Crippen molar-refractivity contribution in [3.63, 3.8) is 0 Å². The molecule has 2 aromatic carbocycles. The smallest absolute Gasteiger partial charge is 0.261 e. The second-order valence-electron chi connectivity index (χ2n) is 5.53. The molecular weight excluding hydrogens is 250 g/mol. The first-order valence-electron chi connectivity index (χ1n) is 7.17. The minimum Gasteiger partial charge on any atom is -0.477 e. The van der Waals surface area contributed by atoms with Gasteiger partial charge in [-0.3, -0.25) is 4.79 Å². The van der Waals surface area contributed by atoms with Crippen LogP contribution in [0.15, 0.2) is 42.5 Å². The largest absolute Gasteiger partial charge is 0.477 e. The molecule has 1 aliphatic carbocycles. The zero-order chi connectivity index (χ0) is 14.0. The average Bonchev–Trinajstić information content (AvgIpc) is 2.48. The maximum atomic E-state index is 11.8. The minimum absolute atomic E-state index is 0.342. The summed E-state index contributed by atoms with van der Waals surface area (Å²) in [6, 6.07) is 14.0. The molecule has 0 spiro atoms. The molecule has 0 aromatic heterocycles. The van der Waals surface area contributed by atoms with E-state index in [4.69, 9.17) is 10.5 Å². The maximum Gasteiger partial charge on any atom is 0.261 e. The molecule has 0 radical (unpaired) electrons. The van der Waals surface area contributed by atoms with Gasteiger partial charge in [0.15, 0.2) is 5.60 Å². The third-order valence-electron chi connectivity index (χ3n) is 4.14. The van der Waals surface area contributed by atoms with Crippen molar-refractivity contribution in [3.8, 4) is 5.75 Å². The van der Waals surface area contributed by atoms with Gasteiger partial charge < -0.3 is 10.5 Å². The van der Waals surface area contributed by atoms with Crippen LogP contribution in [0.1, 0.15) is 32.1 Å². The quantitative estimate of drug-likeness (QED) is 0.928. The van der Waals surface area contributed by atoms with Crippen LogP contribution in [0, 0.1) is 0 Å². The van der Waals surface area contributed by atoms with Crippen molar-refractivity contribution in [2.24, 2.45) is 5.73 Å². The van der Waals surface area contributed by atoms with E-state index < -0.39 is 5.60 Å². The fourth-order valence-electron chi connectivity index (χ4n) is 2.98. The molecule has 0 aliphatic heterocycles. The molecule has 1 fully saturated rings. The van der Waals surface area contributed by atoms with Crippen molar-refractivity contribution in [3.05, 3.63) is 42.5 Å². The highest BCUT2D eigenvalue weighted by Crippen LogP contribution is 2.34. The van der Waals surface area contributed by atoms with Crippen molar-refractivity contribution in [2.45, 2.75) is 37.7 Å². The van der Waals surface area contributed by atoms with Crippen LogP contribution in [-0.4, -0.2) is 11.5 Å². The first kappa shape index (κ1) is 13.0. The number of fused-ring (bicyclic) bond motifs is 1. The highest BCUT2D eigenvalue weighted by atomic mass is 16.5. The molecule has 1 aliphatic rings. The zero-order valence-corrected chi connectivity index (χ0v) is 11.5. The lowest BCUT2D eigenvalue weighted by Crippen LogP contribution is -2.50. The van der Waals surface area contributed by atoms with Crippen molar-refractivity contribution in [1.29, 1.82) is 0 Å². The van der Waals surface area contributed by atoms with Crippen molar-refractivity contribution < 1.29 is 9.53 Å². The Morgan fingerprint density at radius 1 is 1.00 bits per heavy atom. The SMILES string of the molecule is NC(=O)C1(Oc2ccc3ccccc3c2)CCCCC1. The molecule has 3 heteroatoms. The summed E-state index contributed by atoms with van der Waals surface area (Å²) >= 11 is 0. The van der Waals surface area contributed by atoms with Gasteiger partial charge in [0.1, 0.15) is 5.75 Å². The number of hydrogen-bond donors (Lipinski definition) is 1. The molecule has 0 unspecified atom stereocenters. The molecule has 1 amide bonds. The lowest BCUT2D eigenvalue weighted by Gasteiger charge is -2.34. The fourth-order valence-corrected chi connectivity index (χ4v) is 2.98. The fraction of sp³-hybridized carbons (Fsp3) is 0.353. The van der Waals surface area contributed by atoms with Crippen LogP contribution >= 0.6 is 0 Å². The maximum absolute atomic E-state index is 11.8. The number of nitrogens with two attached hydrogens (primary N) is 1. The van der Waals surface area contributed by atoms with Gasteiger partial charge in [0.2, 0.25) is 0 Å².